The largest absolute Gasteiger partial charge is 0.493 e. The fourth-order valence-electron chi connectivity index (χ4n) is 3.76. The maximum absolute atomic E-state index is 12.5. The summed E-state index contributed by atoms with van der Waals surface area (Å²) in [6.07, 6.45) is 0. The summed E-state index contributed by atoms with van der Waals surface area (Å²) < 4.78 is 22.2. The first kappa shape index (κ1) is 27.1. The number of ether oxygens (including phenoxy) is 3. The molecule has 0 unspecified atom stereocenters. The Kier molecular flexibility index (Phi) is 10.2. The highest BCUT2D eigenvalue weighted by atomic mass is 79.9. The summed E-state index contributed by atoms with van der Waals surface area (Å²) in [5.74, 6) is 2.07. The minimum absolute atomic E-state index is 0.0530. The highest BCUT2D eigenvalue weighted by Crippen LogP contribution is 2.52. The molecule has 9 heteroatoms. The molecule has 3 heterocycles. The van der Waals surface area contributed by atoms with Crippen LogP contribution in [0.2, 0.25) is 0 Å². The maximum atomic E-state index is 12.5. The Morgan fingerprint density at radius 3 is 2.50 bits per heavy atom. The van der Waals surface area contributed by atoms with E-state index >= 15 is 0 Å². The zero-order chi connectivity index (χ0) is 25.3. The van der Waals surface area contributed by atoms with Gasteiger partial charge in [0.25, 0.3) is 0 Å². The van der Waals surface area contributed by atoms with Gasteiger partial charge >= 0.3 is 0 Å². The molecular formula is C27H30BrNO5S2. The fourth-order valence-corrected chi connectivity index (χ4v) is 6.32. The van der Waals surface area contributed by atoms with Crippen LogP contribution in [0.4, 0.5) is 5.88 Å². The number of hydrogen-bond acceptors (Lipinski definition) is 8. The van der Waals surface area contributed by atoms with Gasteiger partial charge < -0.3 is 23.5 Å². The molecule has 3 aromatic rings. The molecule has 5 rings (SSSR count). The van der Waals surface area contributed by atoms with Crippen LogP contribution in [0.25, 0.3) is 11.3 Å². The van der Waals surface area contributed by atoms with Crippen molar-refractivity contribution in [2.24, 2.45) is 0 Å². The van der Waals surface area contributed by atoms with Crippen molar-refractivity contribution < 1.29 is 18.6 Å². The molecule has 1 fully saturated rings. The normalized spacial score (nSPS) is 14.4. The number of alkyl halides is 1. The molecule has 1 saturated heterocycles. The number of hydrogen-bond donors (Lipinski definition) is 0. The Balaban J connectivity index is 0.000000556. The number of nitrogens with zero attached hydrogens (tertiary/aromatic N) is 1. The van der Waals surface area contributed by atoms with Gasteiger partial charge in [-0.15, -0.1) is 0 Å². The van der Waals surface area contributed by atoms with Crippen molar-refractivity contribution in [2.45, 2.75) is 33.4 Å². The van der Waals surface area contributed by atoms with Gasteiger partial charge in [-0.3, -0.25) is 4.79 Å². The summed E-state index contributed by atoms with van der Waals surface area (Å²) in [7, 11) is 0. The Bertz CT molecular complexity index is 1210. The zero-order valence-electron chi connectivity index (χ0n) is 20.5. The number of benzene rings is 2. The number of morpholine rings is 1. The topological polar surface area (TPSA) is 61.1 Å². The van der Waals surface area contributed by atoms with Gasteiger partial charge in [-0.1, -0.05) is 51.6 Å². The molecule has 2 aromatic carbocycles. The van der Waals surface area contributed by atoms with Crippen LogP contribution in [0.1, 0.15) is 13.8 Å². The second-order valence-electron chi connectivity index (χ2n) is 7.86. The molecule has 192 valence electrons. The van der Waals surface area contributed by atoms with Crippen molar-refractivity contribution in [2.75, 3.05) is 56.4 Å². The van der Waals surface area contributed by atoms with Gasteiger partial charge in [-0.05, 0) is 38.1 Å². The van der Waals surface area contributed by atoms with Crippen LogP contribution >= 0.6 is 39.5 Å². The molecule has 1 aromatic heterocycles. The molecule has 2 aliphatic heterocycles. The molecule has 0 bridgehead atoms. The Morgan fingerprint density at radius 2 is 1.78 bits per heavy atom. The molecule has 36 heavy (non-hydrogen) atoms. The molecule has 0 spiro atoms. The van der Waals surface area contributed by atoms with E-state index in [0.717, 1.165) is 52.7 Å². The van der Waals surface area contributed by atoms with E-state index in [2.05, 4.69) is 39.0 Å². The van der Waals surface area contributed by atoms with E-state index in [0.29, 0.717) is 31.5 Å². The molecule has 0 atom stereocenters. The molecule has 0 N–H and O–H groups in total. The first-order chi connectivity index (χ1) is 17.6. The van der Waals surface area contributed by atoms with Crippen LogP contribution in [0, 0.1) is 0 Å². The molecule has 0 aliphatic carbocycles. The minimum Gasteiger partial charge on any atom is -0.493 e. The van der Waals surface area contributed by atoms with Crippen LogP contribution in [0.15, 0.2) is 77.3 Å². The van der Waals surface area contributed by atoms with Crippen molar-refractivity contribution in [1.82, 2.24) is 0 Å². The van der Waals surface area contributed by atoms with Crippen LogP contribution in [-0.2, 0) is 9.47 Å². The summed E-state index contributed by atoms with van der Waals surface area (Å²) >= 11 is 6.81. The predicted octanol–water partition coefficient (Wildman–Crippen LogP) is 6.58. The third kappa shape index (κ3) is 6.89. The standard InChI is InChI=1S/C23H20BrNO4S2.C4H10O/c24-6-9-28-16-4-5-19-21(14-16)30-20-3-1-2-17(23(20)31-19)18-12-15(26)13-22(29-18)25-7-10-27-11-8-25;1-3-5-4-2/h1-5,12-14H,6-11H2;3-4H2,1-2H3. The van der Waals surface area contributed by atoms with Crippen molar-refractivity contribution in [3.63, 3.8) is 0 Å². The van der Waals surface area contributed by atoms with E-state index in [1.807, 2.05) is 32.0 Å². The lowest BCUT2D eigenvalue weighted by atomic mass is 10.1. The van der Waals surface area contributed by atoms with Crippen molar-refractivity contribution >= 4 is 45.3 Å². The smallest absolute Gasteiger partial charge is 0.200 e. The quantitative estimate of drug-likeness (QED) is 0.223. The van der Waals surface area contributed by atoms with Gasteiger partial charge in [0.1, 0.15) is 11.5 Å². The van der Waals surface area contributed by atoms with Crippen LogP contribution in [0.3, 0.4) is 0 Å². The second kappa shape index (κ2) is 13.6. The molecule has 0 saturated carbocycles. The monoisotopic (exact) mass is 591 g/mol. The lowest BCUT2D eigenvalue weighted by Crippen LogP contribution is -2.36. The minimum atomic E-state index is -0.0530. The Morgan fingerprint density at radius 1 is 0.972 bits per heavy atom. The zero-order valence-corrected chi connectivity index (χ0v) is 23.7. The van der Waals surface area contributed by atoms with Gasteiger partial charge in [0, 0.05) is 68.9 Å². The predicted molar refractivity (Wildman–Crippen MR) is 150 cm³/mol. The highest BCUT2D eigenvalue weighted by Gasteiger charge is 2.23. The van der Waals surface area contributed by atoms with Crippen molar-refractivity contribution in [3.8, 4) is 17.1 Å². The molecule has 0 radical (unpaired) electrons. The van der Waals surface area contributed by atoms with E-state index in [-0.39, 0.29) is 5.43 Å². The first-order valence-corrected chi connectivity index (χ1v) is 14.8. The fraction of sp³-hybridized carbons (Fsp3) is 0.370. The molecule has 6 nitrogen and oxygen atoms in total. The second-order valence-corrected chi connectivity index (χ2v) is 10.8. The molecule has 0 amide bonds. The summed E-state index contributed by atoms with van der Waals surface area (Å²) in [4.78, 5) is 19.1. The van der Waals surface area contributed by atoms with E-state index < -0.39 is 0 Å². The third-order valence-electron chi connectivity index (χ3n) is 5.42. The number of halogens is 1. The number of rotatable bonds is 7. The average Bonchev–Trinajstić information content (AvgIpc) is 2.91. The van der Waals surface area contributed by atoms with Crippen molar-refractivity contribution in [1.29, 1.82) is 0 Å². The van der Waals surface area contributed by atoms with Crippen LogP contribution < -0.4 is 15.1 Å². The van der Waals surface area contributed by atoms with Gasteiger partial charge in [-0.2, -0.15) is 0 Å². The van der Waals surface area contributed by atoms with E-state index in [9.17, 15) is 4.79 Å². The van der Waals surface area contributed by atoms with Crippen LogP contribution in [0.5, 0.6) is 5.75 Å². The summed E-state index contributed by atoms with van der Waals surface area (Å²) in [5, 5.41) is 0.799. The van der Waals surface area contributed by atoms with Crippen molar-refractivity contribution in [3.05, 3.63) is 58.8 Å². The van der Waals surface area contributed by atoms with E-state index in [1.54, 1.807) is 35.7 Å². The summed E-state index contributed by atoms with van der Waals surface area (Å²) in [6, 6.07) is 15.5. The average molecular weight is 593 g/mol. The number of fused-ring (bicyclic) bond motifs is 2. The van der Waals surface area contributed by atoms with Gasteiger partial charge in [-0.25, -0.2) is 0 Å². The van der Waals surface area contributed by atoms with Crippen LogP contribution in [-0.4, -0.2) is 51.5 Å². The van der Waals surface area contributed by atoms with E-state index in [4.69, 9.17) is 18.6 Å². The van der Waals surface area contributed by atoms with Gasteiger partial charge in [0.2, 0.25) is 0 Å². The number of anilines is 1. The first-order valence-electron chi connectivity index (χ1n) is 12.0. The summed E-state index contributed by atoms with van der Waals surface area (Å²) in [6.45, 7) is 9.02. The molecular weight excluding hydrogens is 562 g/mol. The SMILES string of the molecule is CCOCC.O=c1cc(-c2cccc3c2Sc2ccc(OCCBr)cc2S3)oc(N2CCOCC2)c1. The molecule has 2 aliphatic rings. The third-order valence-corrected chi connectivity index (χ3v) is 8.34. The van der Waals surface area contributed by atoms with Gasteiger partial charge in [0.05, 0.1) is 19.8 Å². The lowest BCUT2D eigenvalue weighted by molar-refractivity contribution is 0.120. The van der Waals surface area contributed by atoms with Gasteiger partial charge in [0.15, 0.2) is 11.3 Å². The highest BCUT2D eigenvalue weighted by molar-refractivity contribution is 9.09. The maximum Gasteiger partial charge on any atom is 0.200 e. The Hall–Kier alpha value is -1.91. The van der Waals surface area contributed by atoms with E-state index in [1.165, 1.54) is 9.79 Å². The lowest BCUT2D eigenvalue weighted by Gasteiger charge is -2.27. The summed E-state index contributed by atoms with van der Waals surface area (Å²) in [5.41, 5.74) is 0.885. The Labute approximate surface area is 228 Å².